The number of nitrogens with one attached hydrogen (secondary N) is 1. The van der Waals surface area contributed by atoms with Crippen LogP contribution >= 0.6 is 43.6 Å². The lowest BCUT2D eigenvalue weighted by Gasteiger charge is -2.45. The largest absolute Gasteiger partial charge is 0.463 e. The van der Waals surface area contributed by atoms with Crippen LogP contribution in [0, 0.1) is 0 Å². The quantitative estimate of drug-likeness (QED) is 0.0714. The van der Waals surface area contributed by atoms with Crippen molar-refractivity contribution in [3.05, 3.63) is 57.2 Å². The molecule has 1 aliphatic rings. The molecular weight excluding hydrogens is 862 g/mol. The highest BCUT2D eigenvalue weighted by atomic mass is 79.9. The van der Waals surface area contributed by atoms with Crippen LogP contribution in [-0.2, 0) is 56.9 Å². The number of fused-ring (bicyclic) bond motifs is 3. The summed E-state index contributed by atoms with van der Waals surface area (Å²) in [4.78, 5) is 49.2. The monoisotopic (exact) mass is 907 g/mol. The van der Waals surface area contributed by atoms with Crippen molar-refractivity contribution in [2.45, 2.75) is 121 Å². The van der Waals surface area contributed by atoms with Crippen molar-refractivity contribution < 1.29 is 42.9 Å². The Morgan fingerprint density at radius 2 is 1.45 bits per heavy atom. The van der Waals surface area contributed by atoms with E-state index in [-0.39, 0.29) is 6.61 Å². The van der Waals surface area contributed by atoms with Crippen LogP contribution in [0.15, 0.2) is 51.5 Å². The number of thioether (sulfide) groups is 1. The Balaban J connectivity index is 1.20. The van der Waals surface area contributed by atoms with Crippen molar-refractivity contribution in [3.63, 3.8) is 0 Å². The number of carbonyl (C=O) groups excluding carboxylic acids is 4. The first-order valence-electron chi connectivity index (χ1n) is 18.1. The Kier molecular flexibility index (Phi) is 14.7. The lowest BCUT2D eigenvalue weighted by atomic mass is 9.97. The summed E-state index contributed by atoms with van der Waals surface area (Å²) < 4.78 is 34.5. The molecule has 5 atom stereocenters. The number of aromatic nitrogens is 4. The van der Waals surface area contributed by atoms with Crippen LogP contribution in [0.4, 0.5) is 4.79 Å². The van der Waals surface area contributed by atoms with Gasteiger partial charge in [0.15, 0.2) is 12.2 Å². The predicted octanol–water partition coefficient (Wildman–Crippen LogP) is 7.45. The molecule has 0 aliphatic carbocycles. The average molecular weight is 910 g/mol. The summed E-state index contributed by atoms with van der Waals surface area (Å²) in [6.07, 6.45) is 1.71. The number of nitrogens with zero attached hydrogens (tertiary/aromatic N) is 4. The maximum atomic E-state index is 13.0. The minimum atomic E-state index is -1.20. The number of hydrogen-bond donors (Lipinski definition) is 1. The maximum absolute atomic E-state index is 13.0. The molecule has 0 spiro atoms. The van der Waals surface area contributed by atoms with Gasteiger partial charge in [0, 0.05) is 76.6 Å². The van der Waals surface area contributed by atoms with Gasteiger partial charge in [-0.15, -0.1) is 16.9 Å². The minimum absolute atomic E-state index is 0.286. The molecule has 0 unspecified atom stereocenters. The van der Waals surface area contributed by atoms with Crippen LogP contribution in [0.2, 0.25) is 0 Å². The minimum Gasteiger partial charge on any atom is -0.463 e. The molecule has 55 heavy (non-hydrogen) atoms. The van der Waals surface area contributed by atoms with E-state index in [2.05, 4.69) is 88.5 Å². The SMILES string of the molecule is CC(=O)OC[C@H]1O[C@@H](SCc2cn(CCCCCCn3c4ccc(Br)cc4c4cc(Br)ccc43)nn2)[C@H](NC(=O)OC(C)(C)C)[C@@H](OC(C)=O)[C@@H]1OC(C)=O. The van der Waals surface area contributed by atoms with Crippen molar-refractivity contribution in [1.82, 2.24) is 24.9 Å². The van der Waals surface area contributed by atoms with Gasteiger partial charge in [-0.05, 0) is 70.0 Å². The van der Waals surface area contributed by atoms with Gasteiger partial charge in [-0.1, -0.05) is 49.9 Å². The summed E-state index contributed by atoms with van der Waals surface area (Å²) >= 11 is 8.51. The van der Waals surface area contributed by atoms with Crippen LogP contribution in [0.1, 0.15) is 72.9 Å². The average Bonchev–Trinajstić information content (AvgIpc) is 3.66. The van der Waals surface area contributed by atoms with Crippen molar-refractivity contribution in [2.24, 2.45) is 0 Å². The van der Waals surface area contributed by atoms with E-state index in [1.807, 2.05) is 6.20 Å². The lowest BCUT2D eigenvalue weighted by Crippen LogP contribution is -2.65. The Morgan fingerprint density at radius 3 is 2.04 bits per heavy atom. The normalized spacial score (nSPS) is 20.0. The van der Waals surface area contributed by atoms with Gasteiger partial charge in [-0.2, -0.15) is 0 Å². The zero-order valence-electron chi connectivity index (χ0n) is 31.7. The lowest BCUT2D eigenvalue weighted by molar-refractivity contribution is -0.211. The van der Waals surface area contributed by atoms with Crippen LogP contribution in [0.5, 0.6) is 0 Å². The molecule has 17 heteroatoms. The first-order valence-corrected chi connectivity index (χ1v) is 20.7. The van der Waals surface area contributed by atoms with Gasteiger partial charge in [0.1, 0.15) is 29.8 Å². The van der Waals surface area contributed by atoms with E-state index in [4.69, 9.17) is 23.7 Å². The molecule has 0 saturated carbocycles. The second-order valence-corrected chi connectivity index (χ2v) is 17.3. The number of alkyl carbamates (subject to hydrolysis) is 1. The van der Waals surface area contributed by atoms with E-state index >= 15 is 0 Å². The van der Waals surface area contributed by atoms with E-state index < -0.39 is 59.4 Å². The van der Waals surface area contributed by atoms with Gasteiger partial charge in [-0.25, -0.2) is 4.79 Å². The molecule has 2 aromatic heterocycles. The molecule has 3 heterocycles. The third-order valence-corrected chi connectivity index (χ3v) is 10.9. The number of unbranched alkanes of at least 4 members (excludes halogenated alkanes) is 3. The summed E-state index contributed by atoms with van der Waals surface area (Å²) in [6, 6.07) is 11.8. The molecule has 14 nitrogen and oxygen atoms in total. The molecule has 1 amide bonds. The summed E-state index contributed by atoms with van der Waals surface area (Å²) in [5.41, 5.74) is 1.41. The number of rotatable bonds is 15. The van der Waals surface area contributed by atoms with E-state index in [0.717, 1.165) is 41.2 Å². The first kappa shape index (κ1) is 42.5. The first-order chi connectivity index (χ1) is 26.1. The third-order valence-electron chi connectivity index (χ3n) is 8.67. The summed E-state index contributed by atoms with van der Waals surface area (Å²) in [5, 5.41) is 13.9. The highest BCUT2D eigenvalue weighted by Gasteiger charge is 2.51. The van der Waals surface area contributed by atoms with E-state index in [9.17, 15) is 19.2 Å². The number of esters is 3. The fourth-order valence-corrected chi connectivity index (χ4v) is 8.35. The van der Waals surface area contributed by atoms with Gasteiger partial charge in [0.25, 0.3) is 0 Å². The third kappa shape index (κ3) is 11.9. The van der Waals surface area contributed by atoms with Gasteiger partial charge in [0.2, 0.25) is 0 Å². The number of benzene rings is 2. The molecule has 298 valence electrons. The van der Waals surface area contributed by atoms with Crippen LogP contribution < -0.4 is 5.32 Å². The topological polar surface area (TPSA) is 162 Å². The zero-order chi connectivity index (χ0) is 39.9. The maximum Gasteiger partial charge on any atom is 0.408 e. The Morgan fingerprint density at radius 1 is 0.855 bits per heavy atom. The highest BCUT2D eigenvalue weighted by Crippen LogP contribution is 2.35. The molecule has 1 saturated heterocycles. The molecule has 5 rings (SSSR count). The number of ether oxygens (including phenoxy) is 5. The number of aryl methyl sites for hydroxylation is 2. The predicted molar refractivity (Wildman–Crippen MR) is 214 cm³/mol. The smallest absolute Gasteiger partial charge is 0.408 e. The fraction of sp³-hybridized carbons (Fsp3) is 0.526. The number of amides is 1. The fourth-order valence-electron chi connectivity index (χ4n) is 6.51. The summed E-state index contributed by atoms with van der Waals surface area (Å²) in [5.74, 6) is -1.61. The van der Waals surface area contributed by atoms with Gasteiger partial charge in [0.05, 0.1) is 5.69 Å². The molecule has 4 aromatic rings. The van der Waals surface area contributed by atoms with Crippen LogP contribution in [-0.4, -0.2) is 85.6 Å². The molecule has 1 N–H and O–H groups in total. The zero-order valence-corrected chi connectivity index (χ0v) is 35.7. The Labute approximate surface area is 340 Å². The standard InChI is InChI=1S/C38H47Br2N5O9S/c1-22(46)50-20-32-34(51-23(2)47)35(52-24(3)48)33(41-37(49)54-38(4,5)6)36(53-32)55-21-27-19-44(43-42-27)15-9-7-8-10-16-45-30-13-11-25(39)17-28(30)29-18-26(40)12-14-31(29)45/h11-14,17-19,32-36H,7-10,15-16,20-21H2,1-6H3,(H,41,49)/t32-,33-,34-,35-,36+/m1/s1. The van der Waals surface area contributed by atoms with Crippen molar-refractivity contribution in [1.29, 1.82) is 0 Å². The van der Waals surface area contributed by atoms with E-state index in [1.165, 1.54) is 54.3 Å². The molecular formula is C38H47Br2N5O9S. The summed E-state index contributed by atoms with van der Waals surface area (Å²) in [6.45, 7) is 10.1. The number of carbonyl (C=O) groups is 4. The second kappa shape index (κ2) is 19.0. The summed E-state index contributed by atoms with van der Waals surface area (Å²) in [7, 11) is 0. The Hall–Kier alpha value is -3.67. The molecule has 1 aliphatic heterocycles. The Bertz CT molecular complexity index is 1940. The van der Waals surface area contributed by atoms with E-state index in [1.54, 1.807) is 25.5 Å². The highest BCUT2D eigenvalue weighted by molar-refractivity contribution is 9.10. The van der Waals surface area contributed by atoms with Crippen molar-refractivity contribution >= 4 is 89.4 Å². The van der Waals surface area contributed by atoms with Gasteiger partial charge < -0.3 is 33.6 Å². The molecule has 1 fully saturated rings. The van der Waals surface area contributed by atoms with Crippen molar-refractivity contribution in [2.75, 3.05) is 6.61 Å². The van der Waals surface area contributed by atoms with Crippen molar-refractivity contribution in [3.8, 4) is 0 Å². The van der Waals surface area contributed by atoms with Gasteiger partial charge >= 0.3 is 24.0 Å². The van der Waals surface area contributed by atoms with Crippen LogP contribution in [0.25, 0.3) is 21.8 Å². The molecule has 2 aromatic carbocycles. The van der Waals surface area contributed by atoms with Crippen LogP contribution in [0.3, 0.4) is 0 Å². The number of hydrogen-bond acceptors (Lipinski definition) is 12. The van der Waals surface area contributed by atoms with Gasteiger partial charge in [-0.3, -0.25) is 19.1 Å². The molecule has 0 bridgehead atoms. The molecule has 0 radical (unpaired) electrons. The second-order valence-electron chi connectivity index (χ2n) is 14.3. The number of halogens is 2. The van der Waals surface area contributed by atoms with E-state index in [0.29, 0.717) is 18.0 Å².